The van der Waals surface area contributed by atoms with Gasteiger partial charge < -0.3 is 5.11 Å². The van der Waals surface area contributed by atoms with E-state index in [9.17, 15) is 14.4 Å². The van der Waals surface area contributed by atoms with Crippen LogP contribution in [-0.2, 0) is 22.4 Å². The molecule has 1 aromatic rings. The maximum atomic E-state index is 12.2. The first kappa shape index (κ1) is 18.2. The van der Waals surface area contributed by atoms with E-state index in [1.807, 2.05) is 5.38 Å². The molecule has 0 saturated heterocycles. The zero-order valence-electron chi connectivity index (χ0n) is 14.0. The molecule has 3 N–H and O–H groups in total. The average Bonchev–Trinajstić information content (AvgIpc) is 2.92. The summed E-state index contributed by atoms with van der Waals surface area (Å²) < 4.78 is 0. The highest BCUT2D eigenvalue weighted by molar-refractivity contribution is 7.10. The summed E-state index contributed by atoms with van der Waals surface area (Å²) in [6.45, 7) is 6.72. The van der Waals surface area contributed by atoms with Gasteiger partial charge in [0.25, 0.3) is 11.8 Å². The molecule has 1 atom stereocenters. The first-order valence-corrected chi connectivity index (χ1v) is 8.67. The Morgan fingerprint density at radius 3 is 2.58 bits per heavy atom. The number of carboxylic acid groups (broad SMARTS) is 1. The third-order valence-corrected chi connectivity index (χ3v) is 5.35. The second-order valence-electron chi connectivity index (χ2n) is 6.97. The van der Waals surface area contributed by atoms with E-state index in [0.29, 0.717) is 17.6 Å². The van der Waals surface area contributed by atoms with Gasteiger partial charge in [0.05, 0.1) is 5.56 Å². The highest BCUT2D eigenvalue weighted by Crippen LogP contribution is 2.40. The monoisotopic (exact) mass is 350 g/mol. The predicted molar refractivity (Wildman–Crippen MR) is 91.7 cm³/mol. The molecular formula is C17H22N2O4S. The fraction of sp³-hybridized carbons (Fsp3) is 0.471. The quantitative estimate of drug-likeness (QED) is 0.576. The van der Waals surface area contributed by atoms with E-state index in [-0.39, 0.29) is 11.3 Å². The molecule has 0 unspecified atom stereocenters. The van der Waals surface area contributed by atoms with Crippen LogP contribution in [-0.4, -0.2) is 22.9 Å². The summed E-state index contributed by atoms with van der Waals surface area (Å²) in [6, 6.07) is 0. The normalized spacial score (nSPS) is 17.4. The van der Waals surface area contributed by atoms with Gasteiger partial charge in [0.2, 0.25) is 0 Å². The molecule has 2 amide bonds. The SMILES string of the molecule is CC(C)(C)[C@@H]1CCc2c(C(=O)NNC(=O)/C=C/C(=O)O)csc2C1. The molecule has 24 heavy (non-hydrogen) atoms. The van der Waals surface area contributed by atoms with Gasteiger partial charge in [0.15, 0.2) is 0 Å². The van der Waals surface area contributed by atoms with Gasteiger partial charge in [-0.3, -0.25) is 20.4 Å². The van der Waals surface area contributed by atoms with Crippen LogP contribution in [0.5, 0.6) is 0 Å². The molecular weight excluding hydrogens is 328 g/mol. The molecule has 0 aromatic carbocycles. The minimum Gasteiger partial charge on any atom is -0.478 e. The van der Waals surface area contributed by atoms with Crippen molar-refractivity contribution in [2.45, 2.75) is 40.0 Å². The second kappa shape index (κ2) is 7.17. The molecule has 0 saturated carbocycles. The second-order valence-corrected chi connectivity index (χ2v) is 7.94. The molecule has 1 heterocycles. The Morgan fingerprint density at radius 1 is 1.25 bits per heavy atom. The lowest BCUT2D eigenvalue weighted by molar-refractivity contribution is -0.131. The maximum absolute atomic E-state index is 12.2. The standard InChI is InChI=1S/C17H22N2O4S/c1-17(2,3)10-4-5-11-12(9-24-13(11)8-10)16(23)19-18-14(20)6-7-15(21)22/h6-7,9-10H,4-5,8H2,1-3H3,(H,18,20)(H,19,23)(H,21,22)/b7-6+/t10-/m1/s1. The molecule has 0 aliphatic heterocycles. The Hall–Kier alpha value is -2.15. The number of hydrazine groups is 1. The third-order valence-electron chi connectivity index (χ3n) is 4.30. The number of aliphatic carboxylic acids is 1. The number of thiophene rings is 1. The number of rotatable bonds is 3. The number of amides is 2. The summed E-state index contributed by atoms with van der Waals surface area (Å²) >= 11 is 1.58. The van der Waals surface area contributed by atoms with Gasteiger partial charge in [0.1, 0.15) is 0 Å². The number of carbonyl (C=O) groups is 3. The zero-order chi connectivity index (χ0) is 17.9. The average molecular weight is 350 g/mol. The molecule has 0 spiro atoms. The van der Waals surface area contributed by atoms with Gasteiger partial charge in [0, 0.05) is 22.4 Å². The van der Waals surface area contributed by atoms with E-state index in [0.717, 1.165) is 30.9 Å². The van der Waals surface area contributed by atoms with Crippen molar-refractivity contribution in [1.82, 2.24) is 10.9 Å². The number of nitrogens with one attached hydrogen (secondary N) is 2. The summed E-state index contributed by atoms with van der Waals surface area (Å²) in [5, 5.41) is 10.3. The number of hydrogen-bond acceptors (Lipinski definition) is 4. The van der Waals surface area contributed by atoms with Gasteiger partial charge in [-0.05, 0) is 36.2 Å². The molecule has 1 aliphatic carbocycles. The summed E-state index contributed by atoms with van der Waals surface area (Å²) in [6.07, 6.45) is 4.43. The Bertz CT molecular complexity index is 685. The van der Waals surface area contributed by atoms with Gasteiger partial charge in [-0.15, -0.1) is 11.3 Å². The van der Waals surface area contributed by atoms with Crippen molar-refractivity contribution in [3.63, 3.8) is 0 Å². The summed E-state index contributed by atoms with van der Waals surface area (Å²) in [7, 11) is 0. The van der Waals surface area contributed by atoms with Crippen LogP contribution < -0.4 is 10.9 Å². The molecule has 2 rings (SSSR count). The molecule has 7 heteroatoms. The lowest BCUT2D eigenvalue weighted by Crippen LogP contribution is -2.41. The number of fused-ring (bicyclic) bond motifs is 1. The van der Waals surface area contributed by atoms with Gasteiger partial charge in [-0.2, -0.15) is 0 Å². The molecule has 130 valence electrons. The Morgan fingerprint density at radius 2 is 1.96 bits per heavy atom. The molecule has 6 nitrogen and oxygen atoms in total. The number of carbonyl (C=O) groups excluding carboxylic acids is 2. The van der Waals surface area contributed by atoms with Crippen molar-refractivity contribution in [2.24, 2.45) is 11.3 Å². The number of carboxylic acids is 1. The first-order valence-electron chi connectivity index (χ1n) is 7.79. The van der Waals surface area contributed by atoms with E-state index in [1.54, 1.807) is 11.3 Å². The van der Waals surface area contributed by atoms with Crippen molar-refractivity contribution < 1.29 is 19.5 Å². The molecule has 0 radical (unpaired) electrons. The van der Waals surface area contributed by atoms with E-state index >= 15 is 0 Å². The van der Waals surface area contributed by atoms with E-state index in [4.69, 9.17) is 5.11 Å². The number of hydrogen-bond donors (Lipinski definition) is 3. The van der Waals surface area contributed by atoms with Crippen LogP contribution in [0.3, 0.4) is 0 Å². The van der Waals surface area contributed by atoms with Crippen LogP contribution in [0.15, 0.2) is 17.5 Å². The Kier molecular flexibility index (Phi) is 5.43. The smallest absolute Gasteiger partial charge is 0.328 e. The van der Waals surface area contributed by atoms with E-state index < -0.39 is 11.9 Å². The van der Waals surface area contributed by atoms with Crippen LogP contribution in [0.1, 0.15) is 48.0 Å². The molecule has 0 bridgehead atoms. The summed E-state index contributed by atoms with van der Waals surface area (Å²) in [5.41, 5.74) is 6.40. The van der Waals surface area contributed by atoms with Crippen molar-refractivity contribution in [3.8, 4) is 0 Å². The fourth-order valence-electron chi connectivity index (χ4n) is 2.82. The topological polar surface area (TPSA) is 95.5 Å². The highest BCUT2D eigenvalue weighted by Gasteiger charge is 2.31. The lowest BCUT2D eigenvalue weighted by atomic mass is 9.72. The maximum Gasteiger partial charge on any atom is 0.328 e. The highest BCUT2D eigenvalue weighted by atomic mass is 32.1. The van der Waals surface area contributed by atoms with Gasteiger partial charge in [-0.1, -0.05) is 20.8 Å². The van der Waals surface area contributed by atoms with Crippen LogP contribution in [0.2, 0.25) is 0 Å². The van der Waals surface area contributed by atoms with Gasteiger partial charge >= 0.3 is 5.97 Å². The Balaban J connectivity index is 1.99. The van der Waals surface area contributed by atoms with E-state index in [1.165, 1.54) is 4.88 Å². The first-order chi connectivity index (χ1) is 11.2. The zero-order valence-corrected chi connectivity index (χ0v) is 14.8. The van der Waals surface area contributed by atoms with E-state index in [2.05, 4.69) is 31.6 Å². The fourth-order valence-corrected chi connectivity index (χ4v) is 3.98. The molecule has 1 aliphatic rings. The largest absolute Gasteiger partial charge is 0.478 e. The van der Waals surface area contributed by atoms with Crippen LogP contribution >= 0.6 is 11.3 Å². The minimum atomic E-state index is -1.23. The molecule has 1 aromatic heterocycles. The summed E-state index contributed by atoms with van der Waals surface area (Å²) in [4.78, 5) is 35.2. The summed E-state index contributed by atoms with van der Waals surface area (Å²) in [5.74, 6) is -1.70. The lowest BCUT2D eigenvalue weighted by Gasteiger charge is -2.34. The van der Waals surface area contributed by atoms with Crippen LogP contribution in [0.25, 0.3) is 0 Å². The van der Waals surface area contributed by atoms with Crippen molar-refractivity contribution in [2.75, 3.05) is 0 Å². The predicted octanol–water partition coefficient (Wildman–Crippen LogP) is 2.30. The van der Waals surface area contributed by atoms with Crippen LogP contribution in [0.4, 0.5) is 0 Å². The van der Waals surface area contributed by atoms with Crippen molar-refractivity contribution in [3.05, 3.63) is 33.5 Å². The molecule has 0 fully saturated rings. The van der Waals surface area contributed by atoms with Crippen LogP contribution in [0, 0.1) is 11.3 Å². The van der Waals surface area contributed by atoms with Gasteiger partial charge in [-0.25, -0.2) is 4.79 Å². The van der Waals surface area contributed by atoms with Crippen molar-refractivity contribution >= 4 is 29.1 Å². The third kappa shape index (κ3) is 4.44. The Labute approximate surface area is 144 Å². The minimum absolute atomic E-state index is 0.245. The van der Waals surface area contributed by atoms with Crippen molar-refractivity contribution in [1.29, 1.82) is 0 Å².